The molecule has 1 amide bonds. The van der Waals surface area contributed by atoms with Crippen LogP contribution in [0.15, 0.2) is 170 Å². The van der Waals surface area contributed by atoms with Crippen molar-refractivity contribution in [3.05, 3.63) is 227 Å². The number of nitrogens with one attached hydrogen (secondary N) is 1. The number of nitro groups is 4. The van der Waals surface area contributed by atoms with Crippen molar-refractivity contribution in [2.45, 2.75) is 58.9 Å². The number of nitrogens with zero attached hydrogens (tertiary/aromatic N) is 18. The molecule has 9 aromatic rings. The lowest BCUT2D eigenvalue weighted by molar-refractivity contribution is -0.396. The summed E-state index contributed by atoms with van der Waals surface area (Å²) in [6.45, 7) is 3.05. The van der Waals surface area contributed by atoms with Crippen molar-refractivity contribution >= 4 is 71.3 Å². The average Bonchev–Trinajstić information content (AvgIpc) is 1.24. The number of aromatic nitrogens is 11. The Kier molecular flexibility index (Phi) is 40.7. The van der Waals surface area contributed by atoms with Crippen LogP contribution in [0.2, 0.25) is 0 Å². The largest absolute Gasteiger partial charge is 0.508 e. The Balaban J connectivity index is 0.000000297. The maximum absolute atomic E-state index is 12.6. The molecule has 0 aliphatic rings. The number of ether oxygens (including phenoxy) is 5. The molecule has 38 nitrogen and oxygen atoms in total. The predicted octanol–water partition coefficient (Wildman–Crippen LogP) is 7.08. The van der Waals surface area contributed by atoms with Crippen LogP contribution in [-0.4, -0.2) is 193 Å². The van der Waals surface area contributed by atoms with E-state index in [0.717, 1.165) is 35.2 Å². The van der Waals surface area contributed by atoms with Gasteiger partial charge >= 0.3 is 35.7 Å². The van der Waals surface area contributed by atoms with E-state index in [4.69, 9.17) is 39.4 Å². The summed E-state index contributed by atoms with van der Waals surface area (Å²) in [5.41, 5.74) is 8.99. The quantitative estimate of drug-likeness (QED) is 0.00400. The minimum Gasteiger partial charge on any atom is -0.508 e. The first-order chi connectivity index (χ1) is 51.2. The third kappa shape index (κ3) is 33.2. The van der Waals surface area contributed by atoms with Crippen LogP contribution in [0.25, 0.3) is 10.4 Å². The molecule has 0 aliphatic carbocycles. The maximum Gasteiger partial charge on any atom is 0.435 e. The molecule has 0 saturated carbocycles. The summed E-state index contributed by atoms with van der Waals surface area (Å²) in [4.78, 5) is 102. The number of imidazole rings is 4. The van der Waals surface area contributed by atoms with Gasteiger partial charge in [0.05, 0.1) is 85.5 Å². The van der Waals surface area contributed by atoms with Gasteiger partial charge in [0, 0.05) is 29.6 Å². The number of aromatic hydroxyl groups is 1. The molecule has 42 heteroatoms. The number of Topliss-reactive ketones (excluding diaryl/α,β-unsaturated/α-hetero) is 1. The van der Waals surface area contributed by atoms with Crippen molar-refractivity contribution in [3.63, 3.8) is 0 Å². The summed E-state index contributed by atoms with van der Waals surface area (Å²) in [6, 6.07) is 34.8. The van der Waals surface area contributed by atoms with Crippen LogP contribution in [0, 0.1) is 47.4 Å². The predicted molar refractivity (Wildman–Crippen MR) is 373 cm³/mol. The van der Waals surface area contributed by atoms with Crippen LogP contribution in [0.4, 0.5) is 37.0 Å². The van der Waals surface area contributed by atoms with Crippen molar-refractivity contribution in [2.24, 2.45) is 5.11 Å². The Morgan fingerprint density at radius 2 is 1.07 bits per heavy atom. The average molecular weight is 1500 g/mol. The number of para-hydroxylation sites is 2. The van der Waals surface area contributed by atoms with Crippen molar-refractivity contribution in [2.75, 3.05) is 86.0 Å². The molecular weight excluding hydrogens is 1430 g/mol. The fourth-order valence-electron chi connectivity index (χ4n) is 8.37. The van der Waals surface area contributed by atoms with Crippen molar-refractivity contribution in [1.82, 2.24) is 58.5 Å². The number of hydrogen-bond donors (Lipinski definition) is 3. The van der Waals surface area contributed by atoms with Gasteiger partial charge in [0.2, 0.25) is 5.91 Å². The van der Waals surface area contributed by atoms with Gasteiger partial charge in [-0.1, -0.05) is 127 Å². The van der Waals surface area contributed by atoms with Crippen molar-refractivity contribution in [1.29, 1.82) is 0 Å². The Labute approximate surface area is 602 Å². The second-order valence-electron chi connectivity index (χ2n) is 20.8. The van der Waals surface area contributed by atoms with Gasteiger partial charge in [0.25, 0.3) is 0 Å². The number of carbonyl (C=O) groups is 4. The van der Waals surface area contributed by atoms with Gasteiger partial charge in [0.1, 0.15) is 86.5 Å². The van der Waals surface area contributed by atoms with E-state index in [2.05, 4.69) is 69.9 Å². The molecule has 106 heavy (non-hydrogen) atoms. The molecule has 0 bridgehead atoms. The number of aryl methyl sites for hydroxylation is 1. The van der Waals surface area contributed by atoms with Gasteiger partial charge in [-0.2, -0.15) is 0 Å². The van der Waals surface area contributed by atoms with E-state index in [9.17, 15) is 72.8 Å². The number of carbonyl (C=O) groups excluding carboxylic acids is 3. The Morgan fingerprint density at radius 3 is 1.54 bits per heavy atom. The van der Waals surface area contributed by atoms with Crippen LogP contribution in [0.5, 0.6) is 11.5 Å². The zero-order chi connectivity index (χ0) is 77.3. The van der Waals surface area contributed by atoms with E-state index in [1.54, 1.807) is 29.1 Å². The van der Waals surface area contributed by atoms with Gasteiger partial charge < -0.3 is 79.7 Å². The topological polar surface area (TPSA) is 490 Å². The second kappa shape index (κ2) is 50.1. The number of carboxylic acid groups (broad SMARTS) is 1. The SMILES string of the molecule is Cc1ccccc1O.O=C(CCCF)Cn1ccnc1[N+](=O)[O-].O=C(CCOCCOCCOCCOCCn1cc(Cn2ccnc2[N+](=O)[O-])nn1)NCCF.O=C(Cn1ccnc1[N+](=O)[O-])Oc1ccccc1P(c1ccccc1)c1ccccc1.O=C(O)Cn1ccnc1[N+](=O)[O-].[N-]=[N+]=NCCF. The summed E-state index contributed by atoms with van der Waals surface area (Å²) in [7, 11) is -0.968. The van der Waals surface area contributed by atoms with Crippen LogP contribution >= 0.6 is 7.92 Å². The van der Waals surface area contributed by atoms with Gasteiger partial charge in [-0.25, -0.2) is 36.9 Å². The molecular formula is C64H75F3N19O19P. The van der Waals surface area contributed by atoms with Crippen LogP contribution < -0.4 is 26.0 Å². The molecule has 5 heterocycles. The zero-order valence-corrected chi connectivity index (χ0v) is 57.8. The number of benzene rings is 4. The first-order valence-electron chi connectivity index (χ1n) is 31.7. The molecule has 5 aromatic heterocycles. The Bertz CT molecular complexity index is 4120. The van der Waals surface area contributed by atoms with Gasteiger partial charge in [-0.3, -0.25) is 18.4 Å². The highest BCUT2D eigenvalue weighted by Gasteiger charge is 2.24. The fourth-order valence-corrected chi connectivity index (χ4v) is 10.7. The van der Waals surface area contributed by atoms with Crippen LogP contribution in [-0.2, 0) is 70.8 Å². The molecule has 0 saturated heterocycles. The van der Waals surface area contributed by atoms with Crippen molar-refractivity contribution in [3.8, 4) is 11.5 Å². The summed E-state index contributed by atoms with van der Waals surface area (Å²) >= 11 is 0. The summed E-state index contributed by atoms with van der Waals surface area (Å²) in [5.74, 6) is -2.90. The highest BCUT2D eigenvalue weighted by Crippen LogP contribution is 2.36. The number of halogens is 3. The molecule has 0 unspecified atom stereocenters. The second-order valence-corrected chi connectivity index (χ2v) is 22.9. The monoisotopic (exact) mass is 1500 g/mol. The number of aliphatic carboxylic acids is 1. The van der Waals surface area contributed by atoms with E-state index >= 15 is 0 Å². The smallest absolute Gasteiger partial charge is 0.435 e. The molecule has 0 aliphatic heterocycles. The van der Waals surface area contributed by atoms with Gasteiger partial charge in [-0.05, 0) is 74.8 Å². The molecule has 566 valence electrons. The lowest BCUT2D eigenvalue weighted by Gasteiger charge is -2.21. The normalized spacial score (nSPS) is 10.3. The third-order valence-electron chi connectivity index (χ3n) is 13.1. The number of hydrogen-bond acceptors (Lipinski definition) is 25. The first-order valence-corrected chi connectivity index (χ1v) is 33.0. The zero-order valence-electron chi connectivity index (χ0n) is 56.9. The van der Waals surface area contributed by atoms with Gasteiger partial charge in [0.15, 0.2) is 18.9 Å². The number of azide groups is 1. The number of ketones is 1. The van der Waals surface area contributed by atoms with Crippen molar-refractivity contribution < 1.29 is 85.9 Å². The molecule has 3 N–H and O–H groups in total. The third-order valence-corrected chi connectivity index (χ3v) is 15.6. The molecule has 9 rings (SSSR count). The van der Waals surface area contributed by atoms with E-state index in [0.29, 0.717) is 70.0 Å². The summed E-state index contributed by atoms with van der Waals surface area (Å²) in [6.07, 6.45) is 12.7. The summed E-state index contributed by atoms with van der Waals surface area (Å²) < 4.78 is 68.0. The highest BCUT2D eigenvalue weighted by molar-refractivity contribution is 7.80. The number of carboxylic acids is 1. The Morgan fingerprint density at radius 1 is 0.594 bits per heavy atom. The summed E-state index contributed by atoms with van der Waals surface area (Å²) in [5, 5.41) is 76.2. The number of alkyl halides is 3. The lowest BCUT2D eigenvalue weighted by atomic mass is 10.2. The van der Waals surface area contributed by atoms with Gasteiger partial charge in [-0.15, -0.1) is 5.10 Å². The Hall–Kier alpha value is -12.3. The number of amides is 1. The molecule has 0 fully saturated rings. The number of phenolic OH excluding ortho intramolecular Hbond substituents is 1. The van der Waals surface area contributed by atoms with Crippen LogP contribution in [0.1, 0.15) is 30.5 Å². The first kappa shape index (κ1) is 86.1. The highest BCUT2D eigenvalue weighted by atomic mass is 31.1. The molecule has 0 spiro atoms. The van der Waals surface area contributed by atoms with E-state index in [1.807, 2.05) is 73.7 Å². The minimum absolute atomic E-state index is 0.0270. The minimum atomic E-state index is -1.14. The van der Waals surface area contributed by atoms with E-state index in [1.165, 1.54) is 54.1 Å². The number of phenols is 1. The molecule has 0 atom stereocenters. The fraction of sp³-hybridized carbons (Fsp3) is 0.344. The maximum atomic E-state index is 12.6. The van der Waals surface area contributed by atoms with E-state index in [-0.39, 0.29) is 82.2 Å². The molecule has 0 radical (unpaired) electrons. The van der Waals surface area contributed by atoms with E-state index < -0.39 is 78.0 Å². The number of esters is 1. The lowest BCUT2D eigenvalue weighted by Crippen LogP contribution is -2.26. The molecule has 4 aromatic carbocycles. The standard InChI is InChI=1S/C23H18N3O4P.C19H30FN7O7.C8H10FN3O3.C7H8O.C5H5N3O4.C2H4FN3/c27-22(17-25-16-15-24-23(25)26(28)29)30-20-13-7-8-14-21(20)31(18-9-3-1-4-10-18)19-11-5-2-6-12-19;20-2-3-21-18(28)1-7-31-9-11-33-13-14-34-12-10-32-8-6-26-16-17(23-24-26)15-25-5-4-22-19(25)27(29)30;9-3-1-2-7(13)6-11-5-4-10-8(11)12(14)15;1-6-4-2-3-5-7(6)8;9-4(10)3-7-2-1-6-5(7)8(11)12;3-1-2-5-6-4/h1-16H,17H2;4-5,16H,1-3,6-15H2,(H,21,28);4-5H,1-3,6H2;2-5,8H,1H3;1-2H,3H2,(H,9,10);1-2H2. The number of rotatable bonds is 38. The van der Waals surface area contributed by atoms with Crippen LogP contribution in [0.3, 0.4) is 0 Å².